The van der Waals surface area contributed by atoms with Crippen molar-refractivity contribution < 1.29 is 4.79 Å². The van der Waals surface area contributed by atoms with Gasteiger partial charge in [0.05, 0.1) is 0 Å². The summed E-state index contributed by atoms with van der Waals surface area (Å²) in [6.07, 6.45) is 2.61. The standard InChI is InChI=1S/C18H17NO/c1-19-18(20)12-14-11-17(13-7-3-2-4-8-13)16-10-6-5-9-15(14)16/h2-10,12,17H,11H2,1H3,(H,19,20)/b14-12+. The molecule has 0 fully saturated rings. The molecule has 3 rings (SSSR count). The normalized spacial score (nSPS) is 18.9. The zero-order valence-electron chi connectivity index (χ0n) is 11.5. The van der Waals surface area contributed by atoms with Crippen LogP contribution in [0.1, 0.15) is 29.0 Å². The minimum atomic E-state index is -0.0384. The Kier molecular flexibility index (Phi) is 3.38. The van der Waals surface area contributed by atoms with Crippen LogP contribution in [0.15, 0.2) is 60.7 Å². The Bertz CT molecular complexity index is 658. The van der Waals surface area contributed by atoms with Crippen molar-refractivity contribution in [3.05, 3.63) is 77.4 Å². The molecule has 1 aliphatic rings. The molecule has 0 saturated heterocycles. The fraction of sp³-hybridized carbons (Fsp3) is 0.167. The summed E-state index contributed by atoms with van der Waals surface area (Å²) in [7, 11) is 1.66. The lowest BCUT2D eigenvalue weighted by molar-refractivity contribution is -0.116. The predicted octanol–water partition coefficient (Wildman–Crippen LogP) is 3.35. The highest BCUT2D eigenvalue weighted by atomic mass is 16.1. The largest absolute Gasteiger partial charge is 0.356 e. The van der Waals surface area contributed by atoms with Crippen LogP contribution in [-0.4, -0.2) is 13.0 Å². The highest BCUT2D eigenvalue weighted by Gasteiger charge is 2.27. The van der Waals surface area contributed by atoms with E-state index in [4.69, 9.17) is 0 Å². The van der Waals surface area contributed by atoms with Crippen LogP contribution in [0.2, 0.25) is 0 Å². The molecule has 2 aromatic carbocycles. The lowest BCUT2D eigenvalue weighted by atomic mass is 9.93. The van der Waals surface area contributed by atoms with Gasteiger partial charge in [-0.15, -0.1) is 0 Å². The van der Waals surface area contributed by atoms with E-state index in [1.165, 1.54) is 16.7 Å². The predicted molar refractivity (Wildman–Crippen MR) is 81.4 cm³/mol. The Morgan fingerprint density at radius 1 is 1.10 bits per heavy atom. The zero-order chi connectivity index (χ0) is 13.9. The summed E-state index contributed by atoms with van der Waals surface area (Å²) in [6.45, 7) is 0. The number of fused-ring (bicyclic) bond motifs is 1. The van der Waals surface area contributed by atoms with Gasteiger partial charge in [0.2, 0.25) is 5.91 Å². The highest BCUT2D eigenvalue weighted by molar-refractivity contribution is 5.96. The second-order valence-electron chi connectivity index (χ2n) is 5.04. The summed E-state index contributed by atoms with van der Waals surface area (Å²) in [4.78, 5) is 11.6. The SMILES string of the molecule is CNC(=O)/C=C1\CC(c2ccccc2)c2ccccc21. The second kappa shape index (κ2) is 5.33. The van der Waals surface area contributed by atoms with Crippen LogP contribution in [-0.2, 0) is 4.79 Å². The van der Waals surface area contributed by atoms with Crippen molar-refractivity contribution in [1.29, 1.82) is 0 Å². The molecule has 1 aliphatic carbocycles. The van der Waals surface area contributed by atoms with Gasteiger partial charge in [0.1, 0.15) is 0 Å². The molecular weight excluding hydrogens is 246 g/mol. The van der Waals surface area contributed by atoms with Crippen LogP contribution in [0, 0.1) is 0 Å². The van der Waals surface area contributed by atoms with Crippen LogP contribution >= 0.6 is 0 Å². The topological polar surface area (TPSA) is 29.1 Å². The third-order valence-electron chi connectivity index (χ3n) is 3.86. The van der Waals surface area contributed by atoms with Gasteiger partial charge >= 0.3 is 0 Å². The molecular formula is C18H17NO. The molecule has 0 saturated carbocycles. The lowest BCUT2D eigenvalue weighted by Gasteiger charge is -2.11. The number of rotatable bonds is 2. The molecule has 2 heteroatoms. The molecule has 2 nitrogen and oxygen atoms in total. The summed E-state index contributed by atoms with van der Waals surface area (Å²) in [5, 5.41) is 2.66. The number of nitrogens with one attached hydrogen (secondary N) is 1. The molecule has 0 aromatic heterocycles. The summed E-state index contributed by atoms with van der Waals surface area (Å²) in [6, 6.07) is 18.9. The minimum absolute atomic E-state index is 0.0384. The maximum atomic E-state index is 11.6. The van der Waals surface area contributed by atoms with Crippen LogP contribution in [0.4, 0.5) is 0 Å². The van der Waals surface area contributed by atoms with Gasteiger partial charge < -0.3 is 5.32 Å². The van der Waals surface area contributed by atoms with E-state index in [9.17, 15) is 4.79 Å². The van der Waals surface area contributed by atoms with Crippen molar-refractivity contribution in [1.82, 2.24) is 5.32 Å². The molecule has 100 valence electrons. The van der Waals surface area contributed by atoms with Crippen LogP contribution in [0.25, 0.3) is 5.57 Å². The summed E-state index contributed by atoms with van der Waals surface area (Å²) in [5.74, 6) is 0.312. The molecule has 0 bridgehead atoms. The van der Waals surface area contributed by atoms with E-state index >= 15 is 0 Å². The van der Waals surface area contributed by atoms with E-state index in [1.54, 1.807) is 13.1 Å². The summed E-state index contributed by atoms with van der Waals surface area (Å²) in [5.41, 5.74) is 4.94. The zero-order valence-corrected chi connectivity index (χ0v) is 11.5. The average molecular weight is 263 g/mol. The van der Waals surface area contributed by atoms with Crippen molar-refractivity contribution >= 4 is 11.5 Å². The number of carbonyl (C=O) groups excluding carboxylic acids is 1. The number of likely N-dealkylation sites (N-methyl/N-ethyl adjacent to an activating group) is 1. The first-order chi connectivity index (χ1) is 9.79. The quantitative estimate of drug-likeness (QED) is 0.827. The van der Waals surface area contributed by atoms with Crippen molar-refractivity contribution in [3.8, 4) is 0 Å². The number of hydrogen-bond donors (Lipinski definition) is 1. The average Bonchev–Trinajstić information content (AvgIpc) is 2.87. The smallest absolute Gasteiger partial charge is 0.244 e. The summed E-state index contributed by atoms with van der Waals surface area (Å²) >= 11 is 0. The maximum absolute atomic E-state index is 11.6. The molecule has 0 spiro atoms. The van der Waals surface area contributed by atoms with Gasteiger partial charge in [0, 0.05) is 19.0 Å². The van der Waals surface area contributed by atoms with Crippen molar-refractivity contribution in [2.45, 2.75) is 12.3 Å². The Morgan fingerprint density at radius 2 is 1.80 bits per heavy atom. The number of benzene rings is 2. The maximum Gasteiger partial charge on any atom is 0.244 e. The molecule has 2 aromatic rings. The van der Waals surface area contributed by atoms with E-state index in [2.05, 4.69) is 47.8 Å². The minimum Gasteiger partial charge on any atom is -0.356 e. The second-order valence-corrected chi connectivity index (χ2v) is 5.04. The Morgan fingerprint density at radius 3 is 2.55 bits per heavy atom. The number of amides is 1. The van der Waals surface area contributed by atoms with Crippen molar-refractivity contribution in [2.24, 2.45) is 0 Å². The van der Waals surface area contributed by atoms with Gasteiger partial charge in [-0.3, -0.25) is 4.79 Å². The highest BCUT2D eigenvalue weighted by Crippen LogP contribution is 2.44. The molecule has 0 heterocycles. The van der Waals surface area contributed by atoms with Gasteiger partial charge in [0.15, 0.2) is 0 Å². The van der Waals surface area contributed by atoms with Crippen LogP contribution < -0.4 is 5.32 Å². The fourth-order valence-electron chi connectivity index (χ4n) is 2.88. The van der Waals surface area contributed by atoms with E-state index < -0.39 is 0 Å². The Labute approximate surface area is 119 Å². The number of carbonyl (C=O) groups is 1. The van der Waals surface area contributed by atoms with Gasteiger partial charge in [-0.2, -0.15) is 0 Å². The molecule has 1 N–H and O–H groups in total. The summed E-state index contributed by atoms with van der Waals surface area (Å²) < 4.78 is 0. The van der Waals surface area contributed by atoms with Gasteiger partial charge in [-0.25, -0.2) is 0 Å². The van der Waals surface area contributed by atoms with E-state index in [1.807, 2.05) is 12.1 Å². The van der Waals surface area contributed by atoms with Gasteiger partial charge in [-0.1, -0.05) is 54.6 Å². The Hall–Kier alpha value is -2.35. The van der Waals surface area contributed by atoms with Crippen LogP contribution in [0.3, 0.4) is 0 Å². The van der Waals surface area contributed by atoms with E-state index in [0.717, 1.165) is 12.0 Å². The van der Waals surface area contributed by atoms with E-state index in [0.29, 0.717) is 5.92 Å². The molecule has 20 heavy (non-hydrogen) atoms. The molecule has 0 radical (unpaired) electrons. The number of hydrogen-bond acceptors (Lipinski definition) is 1. The van der Waals surface area contributed by atoms with Crippen molar-refractivity contribution in [3.63, 3.8) is 0 Å². The monoisotopic (exact) mass is 263 g/mol. The first-order valence-electron chi connectivity index (χ1n) is 6.86. The third kappa shape index (κ3) is 2.25. The molecule has 1 atom stereocenters. The van der Waals surface area contributed by atoms with Gasteiger partial charge in [-0.05, 0) is 28.7 Å². The first kappa shape index (κ1) is 12.7. The first-order valence-corrected chi connectivity index (χ1v) is 6.86. The third-order valence-corrected chi connectivity index (χ3v) is 3.86. The molecule has 1 amide bonds. The van der Waals surface area contributed by atoms with E-state index in [-0.39, 0.29) is 5.91 Å². The molecule has 0 aliphatic heterocycles. The molecule has 1 unspecified atom stereocenters. The van der Waals surface area contributed by atoms with Crippen molar-refractivity contribution in [2.75, 3.05) is 7.05 Å². The lowest BCUT2D eigenvalue weighted by Crippen LogP contribution is -2.14. The number of allylic oxidation sites excluding steroid dienone is 1. The van der Waals surface area contributed by atoms with Crippen LogP contribution in [0.5, 0.6) is 0 Å². The Balaban J connectivity index is 2.05. The van der Waals surface area contributed by atoms with Gasteiger partial charge in [0.25, 0.3) is 0 Å². The fourth-order valence-corrected chi connectivity index (χ4v) is 2.88.